The van der Waals surface area contributed by atoms with Crippen LogP contribution in [0.4, 0.5) is 0 Å². The van der Waals surface area contributed by atoms with Crippen LogP contribution in [0.15, 0.2) is 11.1 Å². The largest absolute Gasteiger partial charge is 0.0767 e. The summed E-state index contributed by atoms with van der Waals surface area (Å²) in [7, 11) is 0. The van der Waals surface area contributed by atoms with Crippen molar-refractivity contribution in [3.8, 4) is 0 Å². The van der Waals surface area contributed by atoms with Gasteiger partial charge in [0.25, 0.3) is 0 Å². The second kappa shape index (κ2) is 2.61. The molecule has 0 heteroatoms. The first-order valence-electron chi connectivity index (χ1n) is 5.30. The van der Waals surface area contributed by atoms with E-state index in [0.29, 0.717) is 0 Å². The molecule has 4 atom stereocenters. The van der Waals surface area contributed by atoms with Crippen molar-refractivity contribution in [1.29, 1.82) is 0 Å². The van der Waals surface area contributed by atoms with Crippen molar-refractivity contribution in [2.45, 2.75) is 40.5 Å². The van der Waals surface area contributed by atoms with Crippen molar-refractivity contribution >= 4 is 0 Å². The Morgan fingerprint density at radius 2 is 1.42 bits per heavy atom. The van der Waals surface area contributed by atoms with Gasteiger partial charge in [0.15, 0.2) is 0 Å². The first-order valence-corrected chi connectivity index (χ1v) is 5.30. The Kier molecular flexibility index (Phi) is 1.82. The van der Waals surface area contributed by atoms with E-state index < -0.39 is 0 Å². The minimum atomic E-state index is 0.952. The Morgan fingerprint density at radius 1 is 1.00 bits per heavy atom. The van der Waals surface area contributed by atoms with Gasteiger partial charge in [0.2, 0.25) is 0 Å². The van der Waals surface area contributed by atoms with Crippen LogP contribution in [0.2, 0.25) is 0 Å². The molecule has 0 spiro atoms. The highest BCUT2D eigenvalue weighted by Gasteiger charge is 2.46. The molecule has 2 fully saturated rings. The smallest absolute Gasteiger partial charge is 0.0169 e. The van der Waals surface area contributed by atoms with E-state index in [1.54, 1.807) is 5.57 Å². The molecule has 0 N–H and O–H groups in total. The number of rotatable bonds is 0. The Balaban J connectivity index is 2.37. The van der Waals surface area contributed by atoms with Crippen LogP contribution in [0.5, 0.6) is 0 Å². The van der Waals surface area contributed by atoms with Crippen LogP contribution in [0.25, 0.3) is 0 Å². The Bertz CT molecular complexity index is 202. The maximum atomic E-state index is 2.44. The molecule has 0 amide bonds. The van der Waals surface area contributed by atoms with Gasteiger partial charge in [-0.15, -0.1) is 0 Å². The predicted octanol–water partition coefficient (Wildman–Crippen LogP) is 3.63. The molecule has 0 saturated heterocycles. The van der Waals surface area contributed by atoms with Gasteiger partial charge in [-0.1, -0.05) is 25.0 Å². The highest BCUT2D eigenvalue weighted by molar-refractivity contribution is 5.27. The fraction of sp³-hybridized carbons (Fsp3) is 0.833. The molecule has 0 aromatic carbocycles. The summed E-state index contributed by atoms with van der Waals surface area (Å²) in [5.41, 5.74) is 3.44. The zero-order chi connectivity index (χ0) is 8.88. The molecule has 0 heterocycles. The van der Waals surface area contributed by atoms with Crippen molar-refractivity contribution < 1.29 is 0 Å². The van der Waals surface area contributed by atoms with E-state index in [-0.39, 0.29) is 0 Å². The molecular formula is C12H20. The van der Waals surface area contributed by atoms with E-state index in [9.17, 15) is 0 Å². The average molecular weight is 164 g/mol. The number of fused-ring (bicyclic) bond motifs is 2. The number of hydrogen-bond acceptors (Lipinski definition) is 0. The quantitative estimate of drug-likeness (QED) is 0.479. The van der Waals surface area contributed by atoms with Crippen molar-refractivity contribution in [3.05, 3.63) is 11.1 Å². The van der Waals surface area contributed by atoms with E-state index in [4.69, 9.17) is 0 Å². The van der Waals surface area contributed by atoms with Crippen LogP contribution in [0.3, 0.4) is 0 Å². The SMILES string of the molecule is CC(C)=C1[C@H]2CC[C@@H]1[C@@H](C)[C@H]2C. The van der Waals surface area contributed by atoms with E-state index in [2.05, 4.69) is 27.7 Å². The average Bonchev–Trinajstić information content (AvgIpc) is 2.51. The fourth-order valence-electron chi connectivity index (χ4n) is 3.51. The molecule has 0 unspecified atom stereocenters. The van der Waals surface area contributed by atoms with Crippen LogP contribution in [-0.2, 0) is 0 Å². The Labute approximate surface area is 76.1 Å². The van der Waals surface area contributed by atoms with Crippen LogP contribution >= 0.6 is 0 Å². The normalized spacial score (nSPS) is 45.5. The summed E-state index contributed by atoms with van der Waals surface area (Å²) in [5.74, 6) is 3.81. The molecule has 0 aromatic heterocycles. The summed E-state index contributed by atoms with van der Waals surface area (Å²) in [6.07, 6.45) is 2.94. The fourth-order valence-corrected chi connectivity index (χ4v) is 3.51. The summed E-state index contributed by atoms with van der Waals surface area (Å²) in [5, 5.41) is 0. The third-order valence-corrected chi connectivity index (χ3v) is 4.26. The molecule has 2 aliphatic carbocycles. The molecule has 0 nitrogen and oxygen atoms in total. The van der Waals surface area contributed by atoms with Gasteiger partial charge in [-0.3, -0.25) is 0 Å². The van der Waals surface area contributed by atoms with Crippen molar-refractivity contribution in [2.75, 3.05) is 0 Å². The van der Waals surface area contributed by atoms with Gasteiger partial charge >= 0.3 is 0 Å². The lowest BCUT2D eigenvalue weighted by atomic mass is 9.82. The maximum Gasteiger partial charge on any atom is -0.0169 e. The topological polar surface area (TPSA) is 0 Å². The lowest BCUT2D eigenvalue weighted by Crippen LogP contribution is -2.15. The number of hydrogen-bond donors (Lipinski definition) is 0. The molecular weight excluding hydrogens is 144 g/mol. The predicted molar refractivity (Wildman–Crippen MR) is 52.9 cm³/mol. The summed E-state index contributed by atoms with van der Waals surface area (Å²) >= 11 is 0. The molecule has 12 heavy (non-hydrogen) atoms. The second-order valence-electron chi connectivity index (χ2n) is 4.96. The monoisotopic (exact) mass is 164 g/mol. The van der Waals surface area contributed by atoms with E-state index in [1.165, 1.54) is 12.8 Å². The van der Waals surface area contributed by atoms with Crippen molar-refractivity contribution in [2.24, 2.45) is 23.7 Å². The van der Waals surface area contributed by atoms with Crippen LogP contribution < -0.4 is 0 Å². The van der Waals surface area contributed by atoms with Gasteiger partial charge in [-0.05, 0) is 50.4 Å². The third kappa shape index (κ3) is 0.901. The summed E-state index contributed by atoms with van der Waals surface area (Å²) in [6.45, 7) is 9.48. The number of allylic oxidation sites excluding steroid dienone is 2. The van der Waals surface area contributed by atoms with Crippen molar-refractivity contribution in [1.82, 2.24) is 0 Å². The first-order chi connectivity index (χ1) is 5.63. The van der Waals surface area contributed by atoms with E-state index in [0.717, 1.165) is 23.7 Å². The first kappa shape index (κ1) is 8.34. The van der Waals surface area contributed by atoms with Crippen molar-refractivity contribution in [3.63, 3.8) is 0 Å². The van der Waals surface area contributed by atoms with Gasteiger partial charge in [0, 0.05) is 0 Å². The Morgan fingerprint density at radius 3 is 1.67 bits per heavy atom. The molecule has 0 aliphatic heterocycles. The highest BCUT2D eigenvalue weighted by Crippen LogP contribution is 2.56. The molecule has 2 aliphatic rings. The maximum absolute atomic E-state index is 2.44. The highest BCUT2D eigenvalue weighted by atomic mass is 14.5. The van der Waals surface area contributed by atoms with Gasteiger partial charge < -0.3 is 0 Å². The standard InChI is InChI=1S/C12H20/c1-7(2)12-10-5-6-11(12)9(4)8(10)3/h8-11H,5-6H2,1-4H3/t8-,9+,10+,11-. The summed E-state index contributed by atoms with van der Waals surface area (Å²) in [6, 6.07) is 0. The van der Waals surface area contributed by atoms with E-state index >= 15 is 0 Å². The molecule has 0 radical (unpaired) electrons. The minimum Gasteiger partial charge on any atom is -0.0767 e. The van der Waals surface area contributed by atoms with Gasteiger partial charge in [-0.25, -0.2) is 0 Å². The zero-order valence-electron chi connectivity index (χ0n) is 8.72. The minimum absolute atomic E-state index is 0.952. The van der Waals surface area contributed by atoms with Gasteiger partial charge in [-0.2, -0.15) is 0 Å². The van der Waals surface area contributed by atoms with Gasteiger partial charge in [0.1, 0.15) is 0 Å². The van der Waals surface area contributed by atoms with Crippen LogP contribution in [0, 0.1) is 23.7 Å². The molecule has 0 aromatic rings. The van der Waals surface area contributed by atoms with E-state index in [1.807, 2.05) is 5.57 Å². The zero-order valence-corrected chi connectivity index (χ0v) is 8.72. The second-order valence-corrected chi connectivity index (χ2v) is 4.96. The molecule has 2 bridgehead atoms. The third-order valence-electron chi connectivity index (χ3n) is 4.26. The summed E-state index contributed by atoms with van der Waals surface area (Å²) < 4.78 is 0. The molecule has 68 valence electrons. The van der Waals surface area contributed by atoms with Gasteiger partial charge in [0.05, 0.1) is 0 Å². The molecule has 2 rings (SSSR count). The lowest BCUT2D eigenvalue weighted by Gasteiger charge is -2.23. The molecule has 2 saturated carbocycles. The Hall–Kier alpha value is -0.260. The lowest BCUT2D eigenvalue weighted by molar-refractivity contribution is 0.259. The van der Waals surface area contributed by atoms with Crippen LogP contribution in [-0.4, -0.2) is 0 Å². The van der Waals surface area contributed by atoms with Crippen LogP contribution in [0.1, 0.15) is 40.5 Å². The summed E-state index contributed by atoms with van der Waals surface area (Å²) in [4.78, 5) is 0.